The molecule has 37 heavy (non-hydrogen) atoms. The number of piperazine rings is 1. The molecule has 0 bridgehead atoms. The number of aromatic carboxylic acids is 1. The number of ether oxygens (including phenoxy) is 1. The lowest BCUT2D eigenvalue weighted by atomic mass is 10.0. The molecule has 0 spiro atoms. The molecule has 1 fully saturated rings. The number of nitrogens with zero attached hydrogens (tertiary/aromatic N) is 2. The molecule has 208 valence electrons. The standard InChI is InChI=1S/C20H32N4O4.C6H11NO2/c1-13-12-23(19(27)28-20(2,3)4)9-10-24(13)16-8-7-14(18(25)26)15(11-21-5)17(16)22-6;1-7-6(9)4-2-3-5-8/h7-8,13,21-22H,9-12H2,1-6H3,(H,25,26);5H,2-4H2,1H3,(H,7,9). The molecule has 11 nitrogen and oxygen atoms in total. The Morgan fingerprint density at radius 3 is 2.32 bits per heavy atom. The lowest BCUT2D eigenvalue weighted by Gasteiger charge is -2.42. The van der Waals surface area contributed by atoms with Crippen molar-refractivity contribution in [2.45, 2.75) is 65.1 Å². The summed E-state index contributed by atoms with van der Waals surface area (Å²) < 4.78 is 5.49. The van der Waals surface area contributed by atoms with Crippen LogP contribution in [-0.4, -0.2) is 86.7 Å². The number of carbonyl (C=O) groups excluding carboxylic acids is 3. The van der Waals surface area contributed by atoms with Crippen molar-refractivity contribution in [2.24, 2.45) is 0 Å². The van der Waals surface area contributed by atoms with Crippen LogP contribution in [0.15, 0.2) is 12.1 Å². The minimum Gasteiger partial charge on any atom is -0.478 e. The number of amides is 2. The average molecular weight is 522 g/mol. The monoisotopic (exact) mass is 521 g/mol. The molecule has 1 aromatic rings. The quantitative estimate of drug-likeness (QED) is 0.285. The fraction of sp³-hybridized carbons (Fsp3) is 0.615. The second kappa shape index (κ2) is 15.0. The summed E-state index contributed by atoms with van der Waals surface area (Å²) in [5, 5.41) is 18.2. The summed E-state index contributed by atoms with van der Waals surface area (Å²) in [5.41, 5.74) is 2.21. The Kier molecular flexibility index (Phi) is 12.9. The van der Waals surface area contributed by atoms with Crippen LogP contribution < -0.4 is 20.9 Å². The summed E-state index contributed by atoms with van der Waals surface area (Å²) in [6.07, 6.45) is 2.11. The zero-order valence-corrected chi connectivity index (χ0v) is 23.1. The zero-order chi connectivity index (χ0) is 28.2. The summed E-state index contributed by atoms with van der Waals surface area (Å²) in [5.74, 6) is -0.951. The molecular weight excluding hydrogens is 478 g/mol. The first-order valence-corrected chi connectivity index (χ1v) is 12.5. The van der Waals surface area contributed by atoms with E-state index in [-0.39, 0.29) is 23.6 Å². The number of unbranched alkanes of at least 4 members (excludes halogenated alkanes) is 1. The molecule has 0 aliphatic carbocycles. The van der Waals surface area contributed by atoms with Crippen LogP contribution in [0.25, 0.3) is 0 Å². The van der Waals surface area contributed by atoms with Crippen molar-refractivity contribution in [3.63, 3.8) is 0 Å². The van der Waals surface area contributed by atoms with Crippen LogP contribution in [0.3, 0.4) is 0 Å². The van der Waals surface area contributed by atoms with Crippen molar-refractivity contribution < 1.29 is 29.0 Å². The Morgan fingerprint density at radius 2 is 1.84 bits per heavy atom. The minimum absolute atomic E-state index is 0.00292. The molecule has 2 amide bonds. The number of carbonyl (C=O) groups is 4. The molecule has 1 aliphatic heterocycles. The number of anilines is 2. The van der Waals surface area contributed by atoms with Crippen molar-refractivity contribution in [3.05, 3.63) is 23.3 Å². The smallest absolute Gasteiger partial charge is 0.410 e. The summed E-state index contributed by atoms with van der Waals surface area (Å²) in [6.45, 7) is 9.80. The lowest BCUT2D eigenvalue weighted by molar-refractivity contribution is -0.120. The van der Waals surface area contributed by atoms with Crippen LogP contribution in [-0.2, 0) is 20.9 Å². The number of rotatable bonds is 9. The highest BCUT2D eigenvalue weighted by Crippen LogP contribution is 2.34. The lowest BCUT2D eigenvalue weighted by Crippen LogP contribution is -2.54. The van der Waals surface area contributed by atoms with E-state index in [2.05, 4.69) is 27.8 Å². The summed E-state index contributed by atoms with van der Waals surface area (Å²) in [7, 11) is 5.18. The van der Waals surface area contributed by atoms with Crippen molar-refractivity contribution in [2.75, 3.05) is 51.0 Å². The van der Waals surface area contributed by atoms with E-state index in [1.54, 1.807) is 32.1 Å². The molecule has 2 rings (SSSR count). The minimum atomic E-state index is -0.948. The first-order chi connectivity index (χ1) is 17.4. The van der Waals surface area contributed by atoms with E-state index in [0.717, 1.165) is 23.2 Å². The van der Waals surface area contributed by atoms with Gasteiger partial charge in [-0.3, -0.25) is 4.79 Å². The van der Waals surface area contributed by atoms with E-state index in [9.17, 15) is 24.3 Å². The van der Waals surface area contributed by atoms with Gasteiger partial charge in [-0.05, 0) is 53.3 Å². The predicted molar refractivity (Wildman–Crippen MR) is 144 cm³/mol. The molecule has 1 saturated heterocycles. The second-order valence-electron chi connectivity index (χ2n) is 9.77. The Balaban J connectivity index is 0.000000649. The van der Waals surface area contributed by atoms with E-state index in [0.29, 0.717) is 45.4 Å². The average Bonchev–Trinajstić information content (AvgIpc) is 2.83. The number of carboxylic acids is 1. The highest BCUT2D eigenvalue weighted by molar-refractivity contribution is 5.94. The topological polar surface area (TPSA) is 140 Å². The molecule has 1 heterocycles. The first kappa shape index (κ1) is 31.7. The van der Waals surface area contributed by atoms with E-state index < -0.39 is 11.6 Å². The fourth-order valence-electron chi connectivity index (χ4n) is 3.99. The Labute approximate surface area is 219 Å². The van der Waals surface area contributed by atoms with Gasteiger partial charge >= 0.3 is 12.1 Å². The number of hydrogen-bond donors (Lipinski definition) is 4. The van der Waals surface area contributed by atoms with Gasteiger partial charge < -0.3 is 40.4 Å². The van der Waals surface area contributed by atoms with E-state index in [1.165, 1.54) is 0 Å². The molecule has 1 aliphatic rings. The van der Waals surface area contributed by atoms with Gasteiger partial charge in [0.2, 0.25) is 5.91 Å². The van der Waals surface area contributed by atoms with Gasteiger partial charge in [-0.2, -0.15) is 0 Å². The van der Waals surface area contributed by atoms with Gasteiger partial charge in [0, 0.05) is 64.7 Å². The molecule has 4 N–H and O–H groups in total. The van der Waals surface area contributed by atoms with Crippen LogP contribution >= 0.6 is 0 Å². The molecule has 0 radical (unpaired) electrons. The molecule has 1 atom stereocenters. The number of benzene rings is 1. The molecule has 1 aromatic carbocycles. The maximum atomic E-state index is 12.4. The van der Waals surface area contributed by atoms with Crippen LogP contribution in [0.2, 0.25) is 0 Å². The van der Waals surface area contributed by atoms with Gasteiger partial charge in [0.25, 0.3) is 0 Å². The van der Waals surface area contributed by atoms with Gasteiger partial charge in [-0.15, -0.1) is 0 Å². The maximum absolute atomic E-state index is 12.4. The summed E-state index contributed by atoms with van der Waals surface area (Å²) >= 11 is 0. The number of hydrogen-bond acceptors (Lipinski definition) is 8. The largest absolute Gasteiger partial charge is 0.478 e. The number of carboxylic acid groups (broad SMARTS) is 1. The molecule has 1 unspecified atom stereocenters. The van der Waals surface area contributed by atoms with E-state index in [1.807, 2.05) is 26.8 Å². The highest BCUT2D eigenvalue weighted by Gasteiger charge is 2.31. The molecule has 0 aromatic heterocycles. The number of nitrogens with one attached hydrogen (secondary N) is 3. The van der Waals surface area contributed by atoms with Crippen LogP contribution in [0.5, 0.6) is 0 Å². The third kappa shape index (κ3) is 9.91. The first-order valence-electron chi connectivity index (χ1n) is 12.5. The van der Waals surface area contributed by atoms with Crippen LogP contribution in [0.4, 0.5) is 16.2 Å². The van der Waals surface area contributed by atoms with E-state index >= 15 is 0 Å². The van der Waals surface area contributed by atoms with Gasteiger partial charge in [0.1, 0.15) is 11.9 Å². The van der Waals surface area contributed by atoms with Crippen molar-refractivity contribution in [3.8, 4) is 0 Å². The van der Waals surface area contributed by atoms with Gasteiger partial charge in [0.15, 0.2) is 0 Å². The van der Waals surface area contributed by atoms with Crippen molar-refractivity contribution in [1.82, 2.24) is 15.5 Å². The normalized spacial score (nSPS) is 15.3. The third-order valence-corrected chi connectivity index (χ3v) is 5.72. The highest BCUT2D eigenvalue weighted by atomic mass is 16.6. The van der Waals surface area contributed by atoms with Crippen molar-refractivity contribution in [1.29, 1.82) is 0 Å². The molecule has 11 heteroatoms. The Bertz CT molecular complexity index is 931. The second-order valence-corrected chi connectivity index (χ2v) is 9.77. The molecule has 0 saturated carbocycles. The SMILES string of the molecule is CNC(=O)CCCC=O.CNCc1c(C(=O)O)ccc(N2CCN(C(=O)OC(C)(C)C)CC2C)c1NC. The predicted octanol–water partition coefficient (Wildman–Crippen LogP) is 2.69. The van der Waals surface area contributed by atoms with Crippen LogP contribution in [0.1, 0.15) is 62.9 Å². The molecular formula is C26H43N5O6. The Morgan fingerprint density at radius 1 is 1.16 bits per heavy atom. The van der Waals surface area contributed by atoms with Gasteiger partial charge in [-0.25, -0.2) is 9.59 Å². The number of aldehydes is 1. The third-order valence-electron chi connectivity index (χ3n) is 5.72. The summed E-state index contributed by atoms with van der Waals surface area (Å²) in [6, 6.07) is 3.55. The maximum Gasteiger partial charge on any atom is 0.410 e. The van der Waals surface area contributed by atoms with Gasteiger partial charge in [0.05, 0.1) is 16.9 Å². The Hall–Kier alpha value is -3.34. The van der Waals surface area contributed by atoms with Crippen molar-refractivity contribution >= 4 is 35.6 Å². The summed E-state index contributed by atoms with van der Waals surface area (Å²) in [4.78, 5) is 48.1. The zero-order valence-electron chi connectivity index (χ0n) is 23.1. The van der Waals surface area contributed by atoms with Gasteiger partial charge in [-0.1, -0.05) is 0 Å². The van der Waals surface area contributed by atoms with Crippen LogP contribution in [0, 0.1) is 0 Å². The fourth-order valence-corrected chi connectivity index (χ4v) is 3.99. The van der Waals surface area contributed by atoms with E-state index in [4.69, 9.17) is 4.74 Å².